The summed E-state index contributed by atoms with van der Waals surface area (Å²) in [6.45, 7) is 0. The summed E-state index contributed by atoms with van der Waals surface area (Å²) < 4.78 is 2.15. The first-order valence-electron chi connectivity index (χ1n) is 7.44. The zero-order chi connectivity index (χ0) is 13.9. The van der Waals surface area contributed by atoms with Crippen LogP contribution in [0.4, 0.5) is 0 Å². The zero-order valence-electron chi connectivity index (χ0n) is 12.8. The number of aromatic nitrogens is 2. The first-order chi connectivity index (χ1) is 9.12. The highest BCUT2D eigenvalue weighted by atomic mass is 15.2. The summed E-state index contributed by atoms with van der Waals surface area (Å²) in [4.78, 5) is 7.02. The molecule has 0 bridgehead atoms. The maximum atomic E-state index is 4.59. The standard InChI is InChI=1S/C15H28N4/c1-16-13(14-17-11-12-19(14)4)15(18(2)3)9-7-5-6-8-10-15/h11-13,16H,5-10H2,1-4H3. The molecule has 108 valence electrons. The van der Waals surface area contributed by atoms with Crippen molar-refractivity contribution < 1.29 is 0 Å². The Bertz CT molecular complexity index is 389. The van der Waals surface area contributed by atoms with E-state index in [0.29, 0.717) is 6.04 Å². The van der Waals surface area contributed by atoms with Crippen molar-refractivity contribution in [1.29, 1.82) is 0 Å². The molecule has 1 heterocycles. The van der Waals surface area contributed by atoms with Crippen molar-refractivity contribution in [1.82, 2.24) is 19.8 Å². The van der Waals surface area contributed by atoms with Crippen molar-refractivity contribution in [2.75, 3.05) is 21.1 Å². The number of hydrogen-bond acceptors (Lipinski definition) is 3. The number of aryl methyl sites for hydroxylation is 1. The lowest BCUT2D eigenvalue weighted by Crippen LogP contribution is -2.53. The SMILES string of the molecule is CNC(c1nccn1C)C1(N(C)C)CCCCCC1. The minimum absolute atomic E-state index is 0.185. The van der Waals surface area contributed by atoms with Crippen molar-refractivity contribution in [2.24, 2.45) is 7.05 Å². The van der Waals surface area contributed by atoms with E-state index in [9.17, 15) is 0 Å². The maximum absolute atomic E-state index is 4.59. The van der Waals surface area contributed by atoms with E-state index in [0.717, 1.165) is 5.82 Å². The van der Waals surface area contributed by atoms with Gasteiger partial charge in [0.05, 0.1) is 6.04 Å². The van der Waals surface area contributed by atoms with Gasteiger partial charge in [-0.25, -0.2) is 4.98 Å². The minimum atomic E-state index is 0.185. The molecule has 1 fully saturated rings. The molecule has 1 aliphatic carbocycles. The van der Waals surface area contributed by atoms with Crippen molar-refractivity contribution in [3.05, 3.63) is 18.2 Å². The molecule has 0 amide bonds. The molecule has 0 saturated heterocycles. The Labute approximate surface area is 117 Å². The van der Waals surface area contributed by atoms with E-state index in [1.165, 1.54) is 38.5 Å². The second-order valence-electron chi connectivity index (χ2n) is 6.03. The summed E-state index contributed by atoms with van der Waals surface area (Å²) in [5.74, 6) is 1.15. The highest BCUT2D eigenvalue weighted by Gasteiger charge is 2.42. The monoisotopic (exact) mass is 264 g/mol. The van der Waals surface area contributed by atoms with Crippen LogP contribution in [0.15, 0.2) is 12.4 Å². The molecule has 1 aromatic rings. The van der Waals surface area contributed by atoms with E-state index in [4.69, 9.17) is 0 Å². The van der Waals surface area contributed by atoms with Crippen molar-refractivity contribution >= 4 is 0 Å². The fourth-order valence-corrected chi connectivity index (χ4v) is 3.63. The van der Waals surface area contributed by atoms with Gasteiger partial charge in [0.25, 0.3) is 0 Å². The Morgan fingerprint density at radius 3 is 2.32 bits per heavy atom. The van der Waals surface area contributed by atoms with Gasteiger partial charge in [-0.3, -0.25) is 0 Å². The van der Waals surface area contributed by atoms with Gasteiger partial charge in [-0.05, 0) is 34.0 Å². The van der Waals surface area contributed by atoms with Gasteiger partial charge in [-0.2, -0.15) is 0 Å². The first-order valence-corrected chi connectivity index (χ1v) is 7.44. The minimum Gasteiger partial charge on any atom is -0.337 e. The lowest BCUT2D eigenvalue weighted by atomic mass is 9.80. The predicted molar refractivity (Wildman–Crippen MR) is 79.1 cm³/mol. The van der Waals surface area contributed by atoms with E-state index in [2.05, 4.69) is 48.0 Å². The molecule has 1 saturated carbocycles. The molecule has 1 atom stereocenters. The number of imidazole rings is 1. The van der Waals surface area contributed by atoms with Gasteiger partial charge in [-0.1, -0.05) is 25.7 Å². The highest BCUT2D eigenvalue weighted by molar-refractivity contribution is 5.10. The van der Waals surface area contributed by atoms with Crippen LogP contribution < -0.4 is 5.32 Å². The molecule has 1 aromatic heterocycles. The molecule has 4 nitrogen and oxygen atoms in total. The molecule has 1 aliphatic rings. The molecule has 0 aromatic carbocycles. The summed E-state index contributed by atoms with van der Waals surface area (Å²) in [7, 11) is 8.60. The Balaban J connectivity index is 2.37. The lowest BCUT2D eigenvalue weighted by molar-refractivity contribution is 0.0785. The molecule has 4 heteroatoms. The van der Waals surface area contributed by atoms with Crippen LogP contribution in [0.3, 0.4) is 0 Å². The second kappa shape index (κ2) is 6.06. The molecule has 1 N–H and O–H groups in total. The summed E-state index contributed by atoms with van der Waals surface area (Å²) in [5.41, 5.74) is 0.185. The quantitative estimate of drug-likeness (QED) is 0.847. The predicted octanol–water partition coefficient (Wildman–Crippen LogP) is 2.34. The zero-order valence-corrected chi connectivity index (χ0v) is 12.8. The number of nitrogens with one attached hydrogen (secondary N) is 1. The Morgan fingerprint density at radius 2 is 1.89 bits per heavy atom. The summed E-state index contributed by atoms with van der Waals surface area (Å²) in [6.07, 6.45) is 11.8. The average Bonchev–Trinajstić information content (AvgIpc) is 2.67. The fraction of sp³-hybridized carbons (Fsp3) is 0.800. The first kappa shape index (κ1) is 14.5. The third-order valence-corrected chi connectivity index (χ3v) is 4.80. The van der Waals surface area contributed by atoms with Crippen LogP contribution in [-0.4, -0.2) is 41.1 Å². The molecule has 1 unspecified atom stereocenters. The van der Waals surface area contributed by atoms with Gasteiger partial charge in [0.2, 0.25) is 0 Å². The van der Waals surface area contributed by atoms with Crippen LogP contribution in [0.2, 0.25) is 0 Å². The third kappa shape index (κ3) is 2.70. The normalized spacial score (nSPS) is 21.3. The smallest absolute Gasteiger partial charge is 0.127 e. The number of rotatable bonds is 4. The molecule has 19 heavy (non-hydrogen) atoms. The molecular formula is C15H28N4. The van der Waals surface area contributed by atoms with Gasteiger partial charge in [-0.15, -0.1) is 0 Å². The lowest BCUT2D eigenvalue weighted by Gasteiger charge is -2.45. The molecular weight excluding hydrogens is 236 g/mol. The third-order valence-electron chi connectivity index (χ3n) is 4.80. The van der Waals surface area contributed by atoms with Gasteiger partial charge in [0.1, 0.15) is 5.82 Å². The van der Waals surface area contributed by atoms with Crippen molar-refractivity contribution in [3.63, 3.8) is 0 Å². The summed E-state index contributed by atoms with van der Waals surface area (Å²) in [6, 6.07) is 0.292. The van der Waals surface area contributed by atoms with Crippen LogP contribution in [0.25, 0.3) is 0 Å². The van der Waals surface area contributed by atoms with Gasteiger partial charge in [0.15, 0.2) is 0 Å². The van der Waals surface area contributed by atoms with E-state index < -0.39 is 0 Å². The van der Waals surface area contributed by atoms with E-state index >= 15 is 0 Å². The second-order valence-corrected chi connectivity index (χ2v) is 6.03. The maximum Gasteiger partial charge on any atom is 0.127 e. The Hall–Kier alpha value is -0.870. The van der Waals surface area contributed by atoms with Gasteiger partial charge >= 0.3 is 0 Å². The van der Waals surface area contributed by atoms with Crippen LogP contribution in [0.5, 0.6) is 0 Å². The van der Waals surface area contributed by atoms with E-state index in [1.807, 2.05) is 12.4 Å². The number of nitrogens with zero attached hydrogens (tertiary/aromatic N) is 3. The van der Waals surface area contributed by atoms with Gasteiger partial charge < -0.3 is 14.8 Å². The van der Waals surface area contributed by atoms with Gasteiger partial charge in [0, 0.05) is 25.0 Å². The number of hydrogen-bond donors (Lipinski definition) is 1. The Kier molecular flexibility index (Phi) is 4.63. The van der Waals surface area contributed by atoms with E-state index in [1.54, 1.807) is 0 Å². The fourth-order valence-electron chi connectivity index (χ4n) is 3.63. The van der Waals surface area contributed by atoms with Crippen LogP contribution in [0.1, 0.15) is 50.4 Å². The van der Waals surface area contributed by atoms with Crippen molar-refractivity contribution in [2.45, 2.75) is 50.1 Å². The molecule has 0 spiro atoms. The van der Waals surface area contributed by atoms with Crippen LogP contribution in [-0.2, 0) is 7.05 Å². The largest absolute Gasteiger partial charge is 0.337 e. The topological polar surface area (TPSA) is 33.1 Å². The Morgan fingerprint density at radius 1 is 1.26 bits per heavy atom. The van der Waals surface area contributed by atoms with E-state index in [-0.39, 0.29) is 5.54 Å². The highest BCUT2D eigenvalue weighted by Crippen LogP contribution is 2.40. The summed E-state index contributed by atoms with van der Waals surface area (Å²) >= 11 is 0. The number of likely N-dealkylation sites (N-methyl/N-ethyl adjacent to an activating group) is 2. The van der Waals surface area contributed by atoms with Crippen LogP contribution >= 0.6 is 0 Å². The van der Waals surface area contributed by atoms with Crippen LogP contribution in [0, 0.1) is 0 Å². The summed E-state index contributed by atoms with van der Waals surface area (Å²) in [5, 5.41) is 3.54. The van der Waals surface area contributed by atoms with Crippen molar-refractivity contribution in [3.8, 4) is 0 Å². The molecule has 0 radical (unpaired) electrons. The molecule has 2 rings (SSSR count). The average molecular weight is 264 g/mol. The molecule has 0 aliphatic heterocycles.